The van der Waals surface area contributed by atoms with Crippen molar-refractivity contribution in [3.8, 4) is 0 Å². The van der Waals surface area contributed by atoms with Crippen LogP contribution in [0.1, 0.15) is 48.2 Å². The molecule has 2 rings (SSSR count). The predicted octanol–water partition coefficient (Wildman–Crippen LogP) is 4.02. The molecule has 1 aromatic carbocycles. The van der Waals surface area contributed by atoms with E-state index in [1.165, 1.54) is 5.56 Å². The van der Waals surface area contributed by atoms with Gasteiger partial charge in [0.25, 0.3) is 5.91 Å². The maximum absolute atomic E-state index is 11.8. The molecule has 1 amide bonds. The number of benzene rings is 1. The summed E-state index contributed by atoms with van der Waals surface area (Å²) in [5.41, 5.74) is 6.42. The van der Waals surface area contributed by atoms with E-state index in [1.54, 1.807) is 30.7 Å². The van der Waals surface area contributed by atoms with Crippen LogP contribution in [-0.4, -0.2) is 17.1 Å². The summed E-state index contributed by atoms with van der Waals surface area (Å²) in [6, 6.07) is 11.7. The van der Waals surface area contributed by atoms with Crippen LogP contribution in [0.5, 0.6) is 0 Å². The molecule has 4 heteroatoms. The number of nitrogens with zero attached hydrogens (tertiary/aromatic N) is 2. The van der Waals surface area contributed by atoms with Gasteiger partial charge in [-0.3, -0.25) is 9.78 Å². The molecule has 1 heterocycles. The highest BCUT2D eigenvalue weighted by Crippen LogP contribution is 2.15. The summed E-state index contributed by atoms with van der Waals surface area (Å²) >= 11 is 0. The maximum Gasteiger partial charge on any atom is 0.271 e. The number of allylic oxidation sites excluding steroid dienone is 1. The Morgan fingerprint density at radius 2 is 1.78 bits per heavy atom. The van der Waals surface area contributed by atoms with Gasteiger partial charge in [0.1, 0.15) is 0 Å². The zero-order valence-electron chi connectivity index (χ0n) is 13.7. The Morgan fingerprint density at radius 3 is 2.39 bits per heavy atom. The predicted molar refractivity (Wildman–Crippen MR) is 94.4 cm³/mol. The van der Waals surface area contributed by atoms with Crippen LogP contribution in [0.3, 0.4) is 0 Å². The second-order valence-electron chi connectivity index (χ2n) is 5.64. The molecular formula is C19H21N3O. The van der Waals surface area contributed by atoms with Crippen molar-refractivity contribution < 1.29 is 4.79 Å². The van der Waals surface area contributed by atoms with Gasteiger partial charge in [-0.05, 0) is 41.7 Å². The molecule has 23 heavy (non-hydrogen) atoms. The van der Waals surface area contributed by atoms with Crippen molar-refractivity contribution in [2.24, 2.45) is 5.10 Å². The Balaban J connectivity index is 1.95. The van der Waals surface area contributed by atoms with Crippen molar-refractivity contribution in [2.75, 3.05) is 0 Å². The summed E-state index contributed by atoms with van der Waals surface area (Å²) in [5, 5.41) is 3.98. The van der Waals surface area contributed by atoms with E-state index in [0.717, 1.165) is 11.1 Å². The highest BCUT2D eigenvalue weighted by molar-refractivity contribution is 5.95. The first-order chi connectivity index (χ1) is 11.1. The minimum Gasteiger partial charge on any atom is -0.267 e. The maximum atomic E-state index is 11.8. The standard InChI is InChI=1S/C19H21N3O/c1-14(2)17-6-4-16(5-7-17)12-15(3)13-21-22-19(23)18-8-10-20-11-9-18/h4-14H,1-3H3,(H,22,23)/b15-12+,21-13?. The van der Waals surface area contributed by atoms with Gasteiger partial charge in [0.15, 0.2) is 0 Å². The highest BCUT2D eigenvalue weighted by Gasteiger charge is 2.02. The Hall–Kier alpha value is -2.75. The Labute approximate surface area is 137 Å². The Kier molecular flexibility index (Phi) is 5.80. The number of nitrogens with one attached hydrogen (secondary N) is 1. The third kappa shape index (κ3) is 5.18. The van der Waals surface area contributed by atoms with Crippen molar-refractivity contribution in [3.63, 3.8) is 0 Å². The molecule has 0 bridgehead atoms. The van der Waals surface area contributed by atoms with Crippen LogP contribution in [0.4, 0.5) is 0 Å². The van der Waals surface area contributed by atoms with Crippen LogP contribution < -0.4 is 5.43 Å². The number of carbonyl (C=O) groups excluding carboxylic acids is 1. The van der Waals surface area contributed by atoms with Crippen molar-refractivity contribution in [3.05, 3.63) is 71.1 Å². The summed E-state index contributed by atoms with van der Waals surface area (Å²) in [7, 11) is 0. The molecular weight excluding hydrogens is 286 g/mol. The van der Waals surface area contributed by atoms with Crippen LogP contribution in [0.25, 0.3) is 6.08 Å². The lowest BCUT2D eigenvalue weighted by Gasteiger charge is -2.05. The van der Waals surface area contributed by atoms with Crippen LogP contribution in [-0.2, 0) is 0 Å². The van der Waals surface area contributed by atoms with E-state index in [-0.39, 0.29) is 5.91 Å². The van der Waals surface area contributed by atoms with Crippen LogP contribution in [0.2, 0.25) is 0 Å². The largest absolute Gasteiger partial charge is 0.271 e. The molecule has 0 saturated carbocycles. The number of hydrazone groups is 1. The lowest BCUT2D eigenvalue weighted by atomic mass is 10.0. The minimum absolute atomic E-state index is 0.252. The molecule has 118 valence electrons. The van der Waals surface area contributed by atoms with Gasteiger partial charge in [0.05, 0.1) is 6.21 Å². The van der Waals surface area contributed by atoms with E-state index >= 15 is 0 Å². The third-order valence-electron chi connectivity index (χ3n) is 3.37. The van der Waals surface area contributed by atoms with Crippen LogP contribution in [0.15, 0.2) is 59.5 Å². The number of aromatic nitrogens is 1. The molecule has 0 aliphatic heterocycles. The number of amides is 1. The van der Waals surface area contributed by atoms with Crippen molar-refractivity contribution in [1.29, 1.82) is 0 Å². The lowest BCUT2D eigenvalue weighted by Crippen LogP contribution is -2.17. The lowest BCUT2D eigenvalue weighted by molar-refractivity contribution is 0.0955. The van der Waals surface area contributed by atoms with E-state index in [0.29, 0.717) is 11.5 Å². The van der Waals surface area contributed by atoms with E-state index < -0.39 is 0 Å². The Morgan fingerprint density at radius 1 is 1.13 bits per heavy atom. The first kappa shape index (κ1) is 16.6. The number of hydrogen-bond acceptors (Lipinski definition) is 3. The summed E-state index contributed by atoms with van der Waals surface area (Å²) < 4.78 is 0. The summed E-state index contributed by atoms with van der Waals surface area (Å²) in [6.07, 6.45) is 6.80. The molecule has 0 unspecified atom stereocenters. The fourth-order valence-corrected chi connectivity index (χ4v) is 2.04. The molecule has 0 saturated heterocycles. The monoisotopic (exact) mass is 307 g/mol. The summed E-state index contributed by atoms with van der Waals surface area (Å²) in [5.74, 6) is 0.275. The van der Waals surface area contributed by atoms with Gasteiger partial charge in [-0.1, -0.05) is 44.2 Å². The quantitative estimate of drug-likeness (QED) is 0.670. The van der Waals surface area contributed by atoms with Crippen molar-refractivity contribution >= 4 is 18.2 Å². The average molecular weight is 307 g/mol. The number of carbonyl (C=O) groups is 1. The van der Waals surface area contributed by atoms with Gasteiger partial charge < -0.3 is 0 Å². The van der Waals surface area contributed by atoms with Gasteiger partial charge >= 0.3 is 0 Å². The normalized spacial score (nSPS) is 11.9. The van der Waals surface area contributed by atoms with Crippen LogP contribution >= 0.6 is 0 Å². The molecule has 0 aliphatic rings. The van der Waals surface area contributed by atoms with Crippen molar-refractivity contribution in [2.45, 2.75) is 26.7 Å². The fraction of sp³-hybridized carbons (Fsp3) is 0.211. The zero-order valence-corrected chi connectivity index (χ0v) is 13.7. The van der Waals surface area contributed by atoms with Crippen molar-refractivity contribution in [1.82, 2.24) is 10.4 Å². The fourth-order valence-electron chi connectivity index (χ4n) is 2.04. The van der Waals surface area contributed by atoms with Gasteiger partial charge in [-0.2, -0.15) is 5.10 Å². The number of rotatable bonds is 5. The van der Waals surface area contributed by atoms with Gasteiger partial charge in [0.2, 0.25) is 0 Å². The molecule has 0 atom stereocenters. The van der Waals surface area contributed by atoms with E-state index in [9.17, 15) is 4.79 Å². The topological polar surface area (TPSA) is 54.4 Å². The zero-order chi connectivity index (χ0) is 16.7. The molecule has 0 fully saturated rings. The summed E-state index contributed by atoms with van der Waals surface area (Å²) in [4.78, 5) is 15.7. The Bertz CT molecular complexity index is 701. The summed E-state index contributed by atoms with van der Waals surface area (Å²) in [6.45, 7) is 6.29. The van der Waals surface area contributed by atoms with Gasteiger partial charge in [0, 0.05) is 18.0 Å². The third-order valence-corrected chi connectivity index (χ3v) is 3.37. The average Bonchev–Trinajstić information content (AvgIpc) is 2.56. The second-order valence-corrected chi connectivity index (χ2v) is 5.64. The van der Waals surface area contributed by atoms with Gasteiger partial charge in [-0.25, -0.2) is 5.43 Å². The molecule has 0 aliphatic carbocycles. The minimum atomic E-state index is -0.252. The molecule has 1 N–H and O–H groups in total. The molecule has 1 aromatic heterocycles. The van der Waals surface area contributed by atoms with Gasteiger partial charge in [-0.15, -0.1) is 0 Å². The molecule has 0 spiro atoms. The van der Waals surface area contributed by atoms with E-state index in [1.807, 2.05) is 13.0 Å². The highest BCUT2D eigenvalue weighted by atomic mass is 16.2. The number of pyridine rings is 1. The van der Waals surface area contributed by atoms with Crippen LogP contribution in [0, 0.1) is 0 Å². The molecule has 4 nitrogen and oxygen atoms in total. The smallest absolute Gasteiger partial charge is 0.267 e. The number of hydrogen-bond donors (Lipinski definition) is 1. The second kappa shape index (κ2) is 8.03. The molecule has 0 radical (unpaired) electrons. The van der Waals surface area contributed by atoms with E-state index in [4.69, 9.17) is 0 Å². The van der Waals surface area contributed by atoms with E-state index in [2.05, 4.69) is 53.6 Å². The first-order valence-corrected chi connectivity index (χ1v) is 7.58. The SMILES string of the molecule is C/C(C=NNC(=O)c1ccncc1)=C\c1ccc(C(C)C)cc1. The first-order valence-electron chi connectivity index (χ1n) is 7.58. The molecule has 2 aromatic rings.